The molecule has 0 aliphatic heterocycles. The molecule has 1 aromatic carbocycles. The quantitative estimate of drug-likeness (QED) is 0.870. The van der Waals surface area contributed by atoms with E-state index in [1.165, 1.54) is 6.07 Å². The van der Waals surface area contributed by atoms with Crippen molar-refractivity contribution in [2.75, 3.05) is 6.61 Å². The van der Waals surface area contributed by atoms with Crippen LogP contribution in [0.4, 0.5) is 4.39 Å². The molecule has 0 amide bonds. The Morgan fingerprint density at radius 2 is 2.17 bits per heavy atom. The number of aliphatic hydroxyl groups excluding tert-OH is 1. The van der Waals surface area contributed by atoms with Gasteiger partial charge in [0.05, 0.1) is 12.2 Å². The summed E-state index contributed by atoms with van der Waals surface area (Å²) in [7, 11) is 0. The standard InChI is InChI=1S/C15H21FO2/c1-3-18-13-6-11(7-13)8-15(17)12-5-4-10(2)14(16)9-12/h4-5,9,11,13,15,17H,3,6-8H2,1-2H3. The maximum atomic E-state index is 13.4. The van der Waals surface area contributed by atoms with Crippen LogP contribution >= 0.6 is 0 Å². The molecule has 2 rings (SSSR count). The minimum Gasteiger partial charge on any atom is -0.388 e. The molecule has 1 aliphatic carbocycles. The van der Waals surface area contributed by atoms with Crippen LogP contribution in [-0.2, 0) is 4.74 Å². The SMILES string of the molecule is CCOC1CC(CC(O)c2ccc(C)c(F)c2)C1. The third-order valence-corrected chi connectivity index (χ3v) is 3.73. The molecule has 1 fully saturated rings. The summed E-state index contributed by atoms with van der Waals surface area (Å²) >= 11 is 0. The van der Waals surface area contributed by atoms with E-state index in [-0.39, 0.29) is 5.82 Å². The van der Waals surface area contributed by atoms with Crippen LogP contribution < -0.4 is 0 Å². The zero-order valence-electron chi connectivity index (χ0n) is 11.0. The van der Waals surface area contributed by atoms with E-state index in [2.05, 4.69) is 0 Å². The lowest BCUT2D eigenvalue weighted by Gasteiger charge is -2.36. The normalized spacial score (nSPS) is 24.7. The van der Waals surface area contributed by atoms with Gasteiger partial charge in [-0.3, -0.25) is 0 Å². The molecular weight excluding hydrogens is 231 g/mol. The number of rotatable bonds is 5. The first-order valence-corrected chi connectivity index (χ1v) is 6.65. The van der Waals surface area contributed by atoms with E-state index in [1.807, 2.05) is 13.0 Å². The molecule has 1 saturated carbocycles. The van der Waals surface area contributed by atoms with E-state index < -0.39 is 6.10 Å². The van der Waals surface area contributed by atoms with Gasteiger partial charge in [0.1, 0.15) is 5.82 Å². The molecule has 3 heteroatoms. The number of hydrogen-bond acceptors (Lipinski definition) is 2. The largest absolute Gasteiger partial charge is 0.388 e. The van der Waals surface area contributed by atoms with Crippen LogP contribution in [0.15, 0.2) is 18.2 Å². The minimum absolute atomic E-state index is 0.243. The van der Waals surface area contributed by atoms with Gasteiger partial charge in [-0.05, 0) is 56.2 Å². The molecule has 2 nitrogen and oxygen atoms in total. The molecule has 0 saturated heterocycles. The Labute approximate surface area is 108 Å². The molecule has 0 bridgehead atoms. The number of aryl methyl sites for hydroxylation is 1. The molecule has 0 aromatic heterocycles. The van der Waals surface area contributed by atoms with Crippen LogP contribution in [0.1, 0.15) is 43.4 Å². The Bertz CT molecular complexity index is 399. The highest BCUT2D eigenvalue weighted by Crippen LogP contribution is 2.37. The predicted octanol–water partition coefficient (Wildman–Crippen LogP) is 3.37. The van der Waals surface area contributed by atoms with Gasteiger partial charge in [-0.2, -0.15) is 0 Å². The number of ether oxygens (including phenoxy) is 1. The smallest absolute Gasteiger partial charge is 0.126 e. The summed E-state index contributed by atoms with van der Waals surface area (Å²) in [5, 5.41) is 10.1. The monoisotopic (exact) mass is 252 g/mol. The van der Waals surface area contributed by atoms with Crippen molar-refractivity contribution in [2.45, 2.75) is 45.3 Å². The van der Waals surface area contributed by atoms with Crippen LogP contribution in [-0.4, -0.2) is 17.8 Å². The van der Waals surface area contributed by atoms with Crippen LogP contribution in [0.5, 0.6) is 0 Å². The number of hydrogen-bond donors (Lipinski definition) is 1. The summed E-state index contributed by atoms with van der Waals surface area (Å²) in [6.45, 7) is 4.48. The fourth-order valence-corrected chi connectivity index (χ4v) is 2.51. The van der Waals surface area contributed by atoms with E-state index in [4.69, 9.17) is 4.74 Å². The molecule has 1 aliphatic rings. The van der Waals surface area contributed by atoms with Gasteiger partial charge < -0.3 is 9.84 Å². The van der Waals surface area contributed by atoms with Gasteiger partial charge in [-0.15, -0.1) is 0 Å². The van der Waals surface area contributed by atoms with E-state index in [0.717, 1.165) is 19.4 Å². The Kier molecular flexibility index (Phi) is 4.36. The summed E-state index contributed by atoms with van der Waals surface area (Å²) in [5.41, 5.74) is 1.30. The van der Waals surface area contributed by atoms with Gasteiger partial charge in [0, 0.05) is 6.61 Å². The Balaban J connectivity index is 1.85. The first-order valence-electron chi connectivity index (χ1n) is 6.65. The molecule has 1 N–H and O–H groups in total. The predicted molar refractivity (Wildman–Crippen MR) is 68.9 cm³/mol. The number of halogens is 1. The highest BCUT2D eigenvalue weighted by atomic mass is 19.1. The maximum Gasteiger partial charge on any atom is 0.126 e. The van der Waals surface area contributed by atoms with Gasteiger partial charge in [-0.25, -0.2) is 4.39 Å². The van der Waals surface area contributed by atoms with Gasteiger partial charge in [0.2, 0.25) is 0 Å². The zero-order chi connectivity index (χ0) is 13.1. The third-order valence-electron chi connectivity index (χ3n) is 3.73. The molecule has 1 aromatic rings. The first kappa shape index (κ1) is 13.5. The Morgan fingerprint density at radius 3 is 2.78 bits per heavy atom. The van der Waals surface area contributed by atoms with Crippen molar-refractivity contribution in [2.24, 2.45) is 5.92 Å². The molecule has 100 valence electrons. The Hall–Kier alpha value is -0.930. The molecule has 0 heterocycles. The molecule has 0 spiro atoms. The van der Waals surface area contributed by atoms with E-state index in [1.54, 1.807) is 13.0 Å². The highest BCUT2D eigenvalue weighted by Gasteiger charge is 2.31. The molecule has 0 radical (unpaired) electrons. The zero-order valence-corrected chi connectivity index (χ0v) is 11.0. The number of benzene rings is 1. The Morgan fingerprint density at radius 1 is 1.44 bits per heavy atom. The van der Waals surface area contributed by atoms with Crippen LogP contribution in [0.25, 0.3) is 0 Å². The molecule has 1 atom stereocenters. The highest BCUT2D eigenvalue weighted by molar-refractivity contribution is 5.25. The van der Waals surface area contributed by atoms with Crippen molar-refractivity contribution in [1.29, 1.82) is 0 Å². The van der Waals surface area contributed by atoms with Crippen LogP contribution in [0.3, 0.4) is 0 Å². The van der Waals surface area contributed by atoms with Crippen LogP contribution in [0, 0.1) is 18.7 Å². The van der Waals surface area contributed by atoms with Gasteiger partial charge in [-0.1, -0.05) is 12.1 Å². The third kappa shape index (κ3) is 3.09. The fourth-order valence-electron chi connectivity index (χ4n) is 2.51. The van der Waals surface area contributed by atoms with Gasteiger partial charge in [0.25, 0.3) is 0 Å². The average Bonchev–Trinajstić information content (AvgIpc) is 2.30. The average molecular weight is 252 g/mol. The second-order valence-corrected chi connectivity index (χ2v) is 5.17. The second-order valence-electron chi connectivity index (χ2n) is 5.17. The summed E-state index contributed by atoms with van der Waals surface area (Å²) in [5.74, 6) is 0.258. The molecular formula is C15H21FO2. The lowest BCUT2D eigenvalue weighted by Crippen LogP contribution is -2.32. The van der Waals surface area contributed by atoms with E-state index >= 15 is 0 Å². The van der Waals surface area contributed by atoms with Gasteiger partial charge >= 0.3 is 0 Å². The van der Waals surface area contributed by atoms with E-state index in [9.17, 15) is 9.50 Å². The van der Waals surface area contributed by atoms with Crippen molar-refractivity contribution in [3.8, 4) is 0 Å². The summed E-state index contributed by atoms with van der Waals surface area (Å²) in [6.07, 6.45) is 2.53. The van der Waals surface area contributed by atoms with Crippen LogP contribution in [0.2, 0.25) is 0 Å². The minimum atomic E-state index is -0.562. The van der Waals surface area contributed by atoms with Crippen molar-refractivity contribution in [1.82, 2.24) is 0 Å². The van der Waals surface area contributed by atoms with Gasteiger partial charge in [0.15, 0.2) is 0 Å². The molecule has 18 heavy (non-hydrogen) atoms. The fraction of sp³-hybridized carbons (Fsp3) is 0.600. The lowest BCUT2D eigenvalue weighted by molar-refractivity contribution is -0.0380. The lowest BCUT2D eigenvalue weighted by atomic mass is 9.78. The summed E-state index contributed by atoms with van der Waals surface area (Å²) in [4.78, 5) is 0. The van der Waals surface area contributed by atoms with E-state index in [0.29, 0.717) is 29.6 Å². The van der Waals surface area contributed by atoms with Crippen molar-refractivity contribution in [3.05, 3.63) is 35.1 Å². The molecule has 1 unspecified atom stereocenters. The topological polar surface area (TPSA) is 29.5 Å². The summed E-state index contributed by atoms with van der Waals surface area (Å²) < 4.78 is 18.9. The second kappa shape index (κ2) is 5.81. The summed E-state index contributed by atoms with van der Waals surface area (Å²) in [6, 6.07) is 4.97. The maximum absolute atomic E-state index is 13.4. The number of aliphatic hydroxyl groups is 1. The van der Waals surface area contributed by atoms with Crippen molar-refractivity contribution >= 4 is 0 Å². The first-order chi connectivity index (χ1) is 8.60. The van der Waals surface area contributed by atoms with Crippen molar-refractivity contribution < 1.29 is 14.2 Å². The van der Waals surface area contributed by atoms with Crippen molar-refractivity contribution in [3.63, 3.8) is 0 Å².